The van der Waals surface area contributed by atoms with E-state index in [-0.39, 0.29) is 51.4 Å². The standard InChI is InChI=1S/C2H3N.C2H2O5.K/c1-2-3;3-1(4)7-2(5)6;/h1H3;(H,3,4)(H,5,6);/q;;+1/p-1. The molecule has 56 valence electrons. The van der Waals surface area contributed by atoms with Crippen LogP contribution in [0.3, 0.4) is 0 Å². The molecule has 0 saturated carbocycles. The van der Waals surface area contributed by atoms with Crippen molar-refractivity contribution in [2.24, 2.45) is 0 Å². The molecular weight excluding hydrogens is 181 g/mol. The summed E-state index contributed by atoms with van der Waals surface area (Å²) in [6, 6.07) is 1.75. The normalized spacial score (nSPS) is 5.45. The van der Waals surface area contributed by atoms with Crippen LogP contribution < -0.4 is 56.5 Å². The maximum atomic E-state index is 9.17. The molecule has 0 aliphatic heterocycles. The Hall–Kier alpha value is -0.134. The van der Waals surface area contributed by atoms with Gasteiger partial charge in [0, 0.05) is 6.92 Å². The Morgan fingerprint density at radius 3 is 1.91 bits per heavy atom. The molecule has 0 amide bonds. The maximum Gasteiger partial charge on any atom is 1.00 e. The molecule has 0 spiro atoms. The van der Waals surface area contributed by atoms with Gasteiger partial charge < -0.3 is 19.7 Å². The Bertz CT molecular complexity index is 150. The zero-order valence-electron chi connectivity index (χ0n) is 6.03. The van der Waals surface area contributed by atoms with Gasteiger partial charge in [-0.25, -0.2) is 4.79 Å². The number of carbonyl (C=O) groups is 2. The van der Waals surface area contributed by atoms with E-state index < -0.39 is 12.3 Å². The minimum Gasteiger partial charge on any atom is -0.464 e. The topological polar surface area (TPSA) is 110 Å². The van der Waals surface area contributed by atoms with E-state index >= 15 is 0 Å². The first-order valence-corrected chi connectivity index (χ1v) is 1.97. The van der Waals surface area contributed by atoms with Gasteiger partial charge in [0.15, 0.2) is 0 Å². The van der Waals surface area contributed by atoms with E-state index in [1.54, 1.807) is 6.07 Å². The molecule has 0 bridgehead atoms. The second kappa shape index (κ2) is 12.5. The number of nitrogens with zero attached hydrogens (tertiary/aromatic N) is 1. The number of hydrogen-bond acceptors (Lipinski definition) is 5. The molecule has 0 aromatic carbocycles. The predicted octanol–water partition coefficient (Wildman–Crippen LogP) is -3.44. The van der Waals surface area contributed by atoms with Crippen LogP contribution in [0.5, 0.6) is 0 Å². The second-order valence-electron chi connectivity index (χ2n) is 0.842. The van der Waals surface area contributed by atoms with Gasteiger partial charge in [0.1, 0.15) is 0 Å². The van der Waals surface area contributed by atoms with Gasteiger partial charge in [0.2, 0.25) is 0 Å². The van der Waals surface area contributed by atoms with Crippen LogP contribution in [0, 0.1) is 11.3 Å². The molecule has 7 heteroatoms. The van der Waals surface area contributed by atoms with Gasteiger partial charge in [-0.1, -0.05) is 0 Å². The summed E-state index contributed by atoms with van der Waals surface area (Å²) in [6.45, 7) is 1.43. The second-order valence-corrected chi connectivity index (χ2v) is 0.842. The van der Waals surface area contributed by atoms with Crippen molar-refractivity contribution >= 4 is 12.3 Å². The molecule has 0 aliphatic carbocycles. The van der Waals surface area contributed by atoms with Crippen LogP contribution in [-0.4, -0.2) is 17.4 Å². The van der Waals surface area contributed by atoms with Crippen LogP contribution in [-0.2, 0) is 4.74 Å². The van der Waals surface area contributed by atoms with E-state index in [2.05, 4.69) is 4.74 Å². The summed E-state index contributed by atoms with van der Waals surface area (Å²) in [4.78, 5) is 18.3. The van der Waals surface area contributed by atoms with Gasteiger partial charge in [-0.05, 0) is 0 Å². The number of hydrogen-bond donors (Lipinski definition) is 1. The third-order valence-electron chi connectivity index (χ3n) is 0.171. The fourth-order valence-electron chi connectivity index (χ4n) is 0.0713. The molecule has 0 radical (unpaired) electrons. The molecule has 0 fully saturated rings. The van der Waals surface area contributed by atoms with Crippen molar-refractivity contribution in [3.05, 3.63) is 0 Å². The molecule has 0 unspecified atom stereocenters. The van der Waals surface area contributed by atoms with E-state index in [0.717, 1.165) is 0 Å². The van der Waals surface area contributed by atoms with E-state index in [1.165, 1.54) is 6.92 Å². The summed E-state index contributed by atoms with van der Waals surface area (Å²) in [5.74, 6) is 0. The van der Waals surface area contributed by atoms with Gasteiger partial charge in [0.05, 0.1) is 6.07 Å². The summed E-state index contributed by atoms with van der Waals surface area (Å²) in [7, 11) is 0. The van der Waals surface area contributed by atoms with Gasteiger partial charge in [-0.2, -0.15) is 5.26 Å². The minimum absolute atomic E-state index is 0. The van der Waals surface area contributed by atoms with E-state index in [9.17, 15) is 0 Å². The monoisotopic (exact) mass is 185 g/mol. The van der Waals surface area contributed by atoms with E-state index in [1.807, 2.05) is 0 Å². The Morgan fingerprint density at radius 1 is 1.64 bits per heavy atom. The van der Waals surface area contributed by atoms with Crippen molar-refractivity contribution in [1.82, 2.24) is 0 Å². The van der Waals surface area contributed by atoms with Crippen LogP contribution in [0.4, 0.5) is 9.59 Å². The van der Waals surface area contributed by atoms with Crippen molar-refractivity contribution in [2.75, 3.05) is 0 Å². The summed E-state index contributed by atoms with van der Waals surface area (Å²) < 4.78 is 2.97. The van der Waals surface area contributed by atoms with Gasteiger partial charge in [-0.15, -0.1) is 0 Å². The number of carboxylic acid groups (broad SMARTS) is 2. The number of rotatable bonds is 0. The fraction of sp³-hybridized carbons (Fsp3) is 0.250. The van der Waals surface area contributed by atoms with Crippen LogP contribution in [0.25, 0.3) is 0 Å². The van der Waals surface area contributed by atoms with Crippen molar-refractivity contribution in [1.29, 1.82) is 5.26 Å². The maximum absolute atomic E-state index is 9.17. The molecule has 11 heavy (non-hydrogen) atoms. The molecule has 0 aromatic rings. The van der Waals surface area contributed by atoms with Crippen LogP contribution in [0.2, 0.25) is 0 Å². The molecule has 0 atom stereocenters. The average molecular weight is 185 g/mol. The third-order valence-corrected chi connectivity index (χ3v) is 0.171. The summed E-state index contributed by atoms with van der Waals surface area (Å²) in [5, 5.41) is 23.9. The first-order chi connectivity index (χ1) is 4.54. The molecular formula is C4H4KNO5. The minimum atomic E-state index is -2.06. The molecule has 0 aromatic heterocycles. The van der Waals surface area contributed by atoms with E-state index in [0.29, 0.717) is 0 Å². The Labute approximate surface area is 105 Å². The van der Waals surface area contributed by atoms with Crippen molar-refractivity contribution in [3.63, 3.8) is 0 Å². The van der Waals surface area contributed by atoms with Crippen molar-refractivity contribution in [3.8, 4) is 6.07 Å². The zero-order chi connectivity index (χ0) is 8.57. The first kappa shape index (κ1) is 17.1. The zero-order valence-corrected chi connectivity index (χ0v) is 9.15. The van der Waals surface area contributed by atoms with Crippen LogP contribution in [0.1, 0.15) is 6.92 Å². The molecule has 0 aliphatic rings. The third kappa shape index (κ3) is 40.8. The van der Waals surface area contributed by atoms with Crippen molar-refractivity contribution in [2.45, 2.75) is 6.92 Å². The molecule has 6 nitrogen and oxygen atoms in total. The predicted molar refractivity (Wildman–Crippen MR) is 25.8 cm³/mol. The number of ether oxygens (including phenoxy) is 1. The van der Waals surface area contributed by atoms with E-state index in [4.69, 9.17) is 25.1 Å². The fourth-order valence-corrected chi connectivity index (χ4v) is 0.0713. The Kier molecular flexibility index (Phi) is 19.5. The molecule has 1 N–H and O–H groups in total. The summed E-state index contributed by atoms with van der Waals surface area (Å²) in [5.41, 5.74) is 0. The summed E-state index contributed by atoms with van der Waals surface area (Å²) in [6.07, 6.45) is -3.94. The Balaban J connectivity index is -0.000000140. The molecule has 0 rings (SSSR count). The van der Waals surface area contributed by atoms with Crippen molar-refractivity contribution < 1.29 is 75.9 Å². The molecule has 0 heterocycles. The van der Waals surface area contributed by atoms with Gasteiger partial charge in [-0.3, -0.25) is 0 Å². The van der Waals surface area contributed by atoms with Gasteiger partial charge >= 0.3 is 57.5 Å². The Morgan fingerprint density at radius 2 is 1.91 bits per heavy atom. The van der Waals surface area contributed by atoms with Crippen LogP contribution in [0.15, 0.2) is 0 Å². The smallest absolute Gasteiger partial charge is 0.464 e. The average Bonchev–Trinajstić information content (AvgIpc) is 1.62. The quantitative estimate of drug-likeness (QED) is 0.239. The number of carbonyl (C=O) groups excluding carboxylic acids is 1. The van der Waals surface area contributed by atoms with Gasteiger partial charge in [0.25, 0.3) is 6.16 Å². The first-order valence-electron chi connectivity index (χ1n) is 1.97. The van der Waals surface area contributed by atoms with Crippen LogP contribution >= 0.6 is 0 Å². The SMILES string of the molecule is CC#N.O=C([O-])OC(=O)O.[K+]. The molecule has 0 saturated heterocycles. The summed E-state index contributed by atoms with van der Waals surface area (Å²) >= 11 is 0. The largest absolute Gasteiger partial charge is 1.00 e. The number of nitriles is 1.